The van der Waals surface area contributed by atoms with Crippen molar-refractivity contribution in [3.63, 3.8) is 0 Å². The first-order valence-electron chi connectivity index (χ1n) is 5.07. The average molecular weight is 186 g/mol. The monoisotopic (exact) mass is 186 g/mol. The van der Waals surface area contributed by atoms with Crippen molar-refractivity contribution in [2.45, 2.75) is 12.8 Å². The molecule has 0 aromatic heterocycles. The number of fused-ring (bicyclic) bond motifs is 1. The Morgan fingerprint density at radius 1 is 1.21 bits per heavy atom. The molecule has 14 heavy (non-hydrogen) atoms. The van der Waals surface area contributed by atoms with Gasteiger partial charge in [0.1, 0.15) is 5.76 Å². The van der Waals surface area contributed by atoms with Gasteiger partial charge in [-0.05, 0) is 37.1 Å². The molecule has 2 nitrogen and oxygen atoms in total. The molecule has 1 saturated heterocycles. The van der Waals surface area contributed by atoms with Crippen molar-refractivity contribution in [1.82, 2.24) is 0 Å². The van der Waals surface area contributed by atoms with Gasteiger partial charge in [0.05, 0.1) is 12.0 Å². The Morgan fingerprint density at radius 2 is 2.07 bits per heavy atom. The first-order chi connectivity index (χ1) is 6.95. The van der Waals surface area contributed by atoms with Crippen molar-refractivity contribution >= 4 is 5.69 Å². The fourth-order valence-electron chi connectivity index (χ4n) is 2.14. The van der Waals surface area contributed by atoms with Gasteiger partial charge in [0.25, 0.3) is 0 Å². The molecule has 0 amide bonds. The van der Waals surface area contributed by atoms with Crippen LogP contribution in [0.2, 0.25) is 0 Å². The number of nitrogens with zero attached hydrogens (tertiary/aromatic N) is 1. The zero-order valence-corrected chi connectivity index (χ0v) is 7.99. The molecule has 1 radical (unpaired) electrons. The third-order valence-corrected chi connectivity index (χ3v) is 2.85. The Hall–Kier alpha value is -1.44. The van der Waals surface area contributed by atoms with E-state index in [0.717, 1.165) is 5.76 Å². The van der Waals surface area contributed by atoms with Crippen molar-refractivity contribution < 1.29 is 4.42 Å². The lowest BCUT2D eigenvalue weighted by atomic mass is 10.2. The minimum atomic E-state index is 0.939. The Balaban J connectivity index is 2.08. The third-order valence-electron chi connectivity index (χ3n) is 2.85. The second-order valence-electron chi connectivity index (χ2n) is 3.73. The van der Waals surface area contributed by atoms with Crippen LogP contribution in [0.3, 0.4) is 0 Å². The van der Waals surface area contributed by atoms with E-state index in [4.69, 9.17) is 4.42 Å². The molecule has 3 rings (SSSR count). The van der Waals surface area contributed by atoms with E-state index in [-0.39, 0.29) is 0 Å². The summed E-state index contributed by atoms with van der Waals surface area (Å²) in [5.41, 5.74) is 2.49. The summed E-state index contributed by atoms with van der Waals surface area (Å²) < 4.78 is 5.39. The molecule has 1 aliphatic carbocycles. The molecule has 1 fully saturated rings. The van der Waals surface area contributed by atoms with Crippen LogP contribution in [0.25, 0.3) is 11.3 Å². The summed E-state index contributed by atoms with van der Waals surface area (Å²) in [4.78, 5) is 2.42. The van der Waals surface area contributed by atoms with Crippen molar-refractivity contribution in [2.24, 2.45) is 0 Å². The lowest BCUT2D eigenvalue weighted by Crippen LogP contribution is -2.18. The van der Waals surface area contributed by atoms with E-state index in [2.05, 4.69) is 17.0 Å². The standard InChI is InChI=1S/C12H12NO/c1-2-8-13(7-1)11-6-9-14-12-5-3-4-10(11)12/h4-6,9H,1-2,7-8H2. The van der Waals surface area contributed by atoms with Crippen molar-refractivity contribution in [3.8, 4) is 11.3 Å². The Bertz CT molecular complexity index is 401. The van der Waals surface area contributed by atoms with Gasteiger partial charge in [-0.1, -0.05) is 0 Å². The van der Waals surface area contributed by atoms with Crippen LogP contribution in [0.15, 0.2) is 28.9 Å². The van der Waals surface area contributed by atoms with Crippen LogP contribution in [0.5, 0.6) is 0 Å². The third kappa shape index (κ3) is 1.10. The molecule has 2 aliphatic heterocycles. The number of anilines is 1. The van der Waals surface area contributed by atoms with Gasteiger partial charge in [-0.2, -0.15) is 0 Å². The molecule has 0 spiro atoms. The van der Waals surface area contributed by atoms with Crippen LogP contribution in [-0.2, 0) is 0 Å². The quantitative estimate of drug-likeness (QED) is 0.681. The van der Waals surface area contributed by atoms with Crippen LogP contribution in [-0.4, -0.2) is 13.1 Å². The van der Waals surface area contributed by atoms with E-state index in [0.29, 0.717) is 0 Å². The summed E-state index contributed by atoms with van der Waals surface area (Å²) >= 11 is 0. The number of rotatable bonds is 1. The smallest absolute Gasteiger partial charge is 0.136 e. The van der Waals surface area contributed by atoms with Crippen molar-refractivity contribution in [2.75, 3.05) is 18.0 Å². The molecule has 71 valence electrons. The van der Waals surface area contributed by atoms with E-state index in [1.807, 2.05) is 12.1 Å². The highest BCUT2D eigenvalue weighted by molar-refractivity contribution is 5.76. The molecule has 0 unspecified atom stereocenters. The van der Waals surface area contributed by atoms with Gasteiger partial charge in [0.15, 0.2) is 0 Å². The highest BCUT2D eigenvalue weighted by Crippen LogP contribution is 2.34. The Morgan fingerprint density at radius 3 is 2.93 bits per heavy atom. The van der Waals surface area contributed by atoms with E-state index in [9.17, 15) is 0 Å². The lowest BCUT2D eigenvalue weighted by Gasteiger charge is -2.19. The highest BCUT2D eigenvalue weighted by atomic mass is 16.3. The molecule has 0 aromatic carbocycles. The van der Waals surface area contributed by atoms with Crippen LogP contribution < -0.4 is 4.90 Å². The summed E-state index contributed by atoms with van der Waals surface area (Å²) in [6.07, 6.45) is 4.37. The topological polar surface area (TPSA) is 16.4 Å². The zero-order valence-electron chi connectivity index (χ0n) is 7.99. The fourth-order valence-corrected chi connectivity index (χ4v) is 2.14. The van der Waals surface area contributed by atoms with Crippen LogP contribution in [0.4, 0.5) is 5.69 Å². The number of hydrogen-bond donors (Lipinski definition) is 0. The number of hydrogen-bond acceptors (Lipinski definition) is 2. The summed E-state index contributed by atoms with van der Waals surface area (Å²) in [7, 11) is 0. The molecule has 0 atom stereocenters. The predicted molar refractivity (Wildman–Crippen MR) is 55.6 cm³/mol. The lowest BCUT2D eigenvalue weighted by molar-refractivity contribution is 0.566. The molecule has 2 heterocycles. The second kappa shape index (κ2) is 3.05. The molecular formula is C12H12NO. The molecule has 0 N–H and O–H groups in total. The molecule has 0 saturated carbocycles. The van der Waals surface area contributed by atoms with E-state index in [1.54, 1.807) is 6.26 Å². The van der Waals surface area contributed by atoms with Crippen molar-refractivity contribution in [3.05, 3.63) is 30.5 Å². The molecule has 0 bridgehead atoms. The molecule has 3 aliphatic rings. The van der Waals surface area contributed by atoms with E-state index >= 15 is 0 Å². The maximum Gasteiger partial charge on any atom is 0.136 e. The normalized spacial score (nSPS) is 16.7. The SMILES string of the molecule is [c]1cc2occc(N3CCCC3)c-2c1. The van der Waals surface area contributed by atoms with E-state index in [1.165, 1.54) is 37.2 Å². The maximum atomic E-state index is 5.39. The van der Waals surface area contributed by atoms with Crippen molar-refractivity contribution in [1.29, 1.82) is 0 Å². The minimum absolute atomic E-state index is 0.939. The summed E-state index contributed by atoms with van der Waals surface area (Å²) in [6, 6.07) is 9.04. The van der Waals surface area contributed by atoms with Gasteiger partial charge in [-0.25, -0.2) is 0 Å². The molecule has 0 aromatic rings. The first kappa shape index (κ1) is 7.92. The van der Waals surface area contributed by atoms with Crippen LogP contribution in [0, 0.1) is 6.07 Å². The Kier molecular flexibility index (Phi) is 1.72. The highest BCUT2D eigenvalue weighted by Gasteiger charge is 2.18. The van der Waals surface area contributed by atoms with E-state index < -0.39 is 0 Å². The maximum absolute atomic E-state index is 5.39. The molecular weight excluding hydrogens is 174 g/mol. The minimum Gasteiger partial charge on any atom is -0.464 e. The molecule has 2 heteroatoms. The van der Waals surface area contributed by atoms with Gasteiger partial charge in [-0.15, -0.1) is 0 Å². The largest absolute Gasteiger partial charge is 0.464 e. The van der Waals surface area contributed by atoms with Gasteiger partial charge in [-0.3, -0.25) is 0 Å². The second-order valence-corrected chi connectivity index (χ2v) is 3.73. The first-order valence-corrected chi connectivity index (χ1v) is 5.07. The fraction of sp³-hybridized carbons (Fsp3) is 0.333. The van der Waals surface area contributed by atoms with Crippen LogP contribution in [0.1, 0.15) is 12.8 Å². The van der Waals surface area contributed by atoms with Crippen LogP contribution >= 0.6 is 0 Å². The summed E-state index contributed by atoms with van der Waals surface area (Å²) in [6.45, 7) is 2.34. The summed E-state index contributed by atoms with van der Waals surface area (Å²) in [5.74, 6) is 0.939. The summed E-state index contributed by atoms with van der Waals surface area (Å²) in [5, 5.41) is 0. The van der Waals surface area contributed by atoms with Gasteiger partial charge >= 0.3 is 0 Å². The van der Waals surface area contributed by atoms with Gasteiger partial charge in [0, 0.05) is 18.7 Å². The predicted octanol–water partition coefficient (Wildman–Crippen LogP) is 2.78. The van der Waals surface area contributed by atoms with Gasteiger partial charge < -0.3 is 9.32 Å². The van der Waals surface area contributed by atoms with Gasteiger partial charge in [0.2, 0.25) is 0 Å². The zero-order chi connectivity index (χ0) is 9.38. The average Bonchev–Trinajstić information content (AvgIpc) is 2.88. The Labute approximate surface area is 83.5 Å².